The molecule has 4 amide bonds. The maximum absolute atomic E-state index is 13.6. The molecule has 2 aromatic rings. The van der Waals surface area contributed by atoms with E-state index in [1.807, 2.05) is 37.3 Å². The van der Waals surface area contributed by atoms with Crippen LogP contribution >= 0.6 is 0 Å². The monoisotopic (exact) mass is 668 g/mol. The number of rotatable bonds is 19. The summed E-state index contributed by atoms with van der Waals surface area (Å²) in [6, 6.07) is 12.2. The largest absolute Gasteiger partial charge is 0.497 e. The van der Waals surface area contributed by atoms with Crippen LogP contribution < -0.4 is 26.0 Å². The van der Waals surface area contributed by atoms with Gasteiger partial charge in [0.05, 0.1) is 32.1 Å². The van der Waals surface area contributed by atoms with Crippen LogP contribution in [0, 0.1) is 17.8 Å². The molecule has 0 fully saturated rings. The van der Waals surface area contributed by atoms with Crippen molar-refractivity contribution >= 4 is 29.6 Å². The van der Waals surface area contributed by atoms with Crippen LogP contribution in [0.4, 0.5) is 0 Å². The lowest BCUT2D eigenvalue weighted by atomic mass is 9.95. The third-order valence-electron chi connectivity index (χ3n) is 8.29. The second-order valence-electron chi connectivity index (χ2n) is 12.9. The van der Waals surface area contributed by atoms with Crippen molar-refractivity contribution in [3.63, 3.8) is 0 Å². The van der Waals surface area contributed by atoms with Crippen molar-refractivity contribution in [1.82, 2.24) is 21.3 Å². The molecule has 0 bridgehead atoms. The van der Waals surface area contributed by atoms with Gasteiger partial charge in [0, 0.05) is 0 Å². The fourth-order valence-corrected chi connectivity index (χ4v) is 5.17. The molecular weight excluding hydrogens is 616 g/mol. The van der Waals surface area contributed by atoms with Crippen molar-refractivity contribution < 1.29 is 38.9 Å². The van der Waals surface area contributed by atoms with Gasteiger partial charge < -0.3 is 36.2 Å². The first-order chi connectivity index (χ1) is 22.7. The van der Waals surface area contributed by atoms with Crippen molar-refractivity contribution in [2.45, 2.75) is 97.5 Å². The Kier molecular flexibility index (Phi) is 16.0. The molecule has 6 atom stereocenters. The molecule has 0 aromatic heterocycles. The van der Waals surface area contributed by atoms with E-state index in [0.29, 0.717) is 17.7 Å². The maximum Gasteiger partial charge on any atom is 0.326 e. The number of hydrogen-bond donors (Lipinski definition) is 6. The van der Waals surface area contributed by atoms with Crippen molar-refractivity contribution in [2.24, 2.45) is 17.8 Å². The molecule has 48 heavy (non-hydrogen) atoms. The van der Waals surface area contributed by atoms with E-state index in [4.69, 9.17) is 4.74 Å². The predicted octanol–water partition coefficient (Wildman–Crippen LogP) is 2.61. The normalized spacial score (nSPS) is 15.0. The number of amides is 4. The van der Waals surface area contributed by atoms with Crippen LogP contribution in [0.15, 0.2) is 54.6 Å². The average molecular weight is 669 g/mol. The van der Waals surface area contributed by atoms with E-state index < -0.39 is 60.4 Å². The Bertz CT molecular complexity index is 1370. The van der Waals surface area contributed by atoms with E-state index in [9.17, 15) is 34.2 Å². The molecule has 0 saturated heterocycles. The van der Waals surface area contributed by atoms with E-state index in [-0.39, 0.29) is 36.5 Å². The number of carbonyl (C=O) groups is 5. The van der Waals surface area contributed by atoms with Gasteiger partial charge in [-0.2, -0.15) is 0 Å². The van der Waals surface area contributed by atoms with Crippen LogP contribution in [0.5, 0.6) is 5.75 Å². The molecule has 6 N–H and O–H groups in total. The number of carbonyl (C=O) groups excluding carboxylic acids is 4. The summed E-state index contributed by atoms with van der Waals surface area (Å²) in [5, 5.41) is 31.7. The lowest BCUT2D eigenvalue weighted by Crippen LogP contribution is -2.57. The predicted molar refractivity (Wildman–Crippen MR) is 182 cm³/mol. The van der Waals surface area contributed by atoms with Crippen LogP contribution in [0.1, 0.15) is 65.5 Å². The molecule has 12 heteroatoms. The van der Waals surface area contributed by atoms with Crippen molar-refractivity contribution in [3.05, 3.63) is 65.7 Å². The second-order valence-corrected chi connectivity index (χ2v) is 12.9. The SMILES string of the molecule is CC[C@H](C)[C@H](NC(=O)C[C@H](O)[C@H](Cc1ccccc1)NC(=O)C(NC(=O)Cc1cccc(OC)c1)C(C)C)C(=O)NC(C(=O)O)C(C)C. The minimum absolute atomic E-state index is 0.0270. The highest BCUT2D eigenvalue weighted by Gasteiger charge is 2.33. The third-order valence-corrected chi connectivity index (χ3v) is 8.29. The van der Waals surface area contributed by atoms with Gasteiger partial charge in [-0.1, -0.05) is 90.4 Å². The second kappa shape index (κ2) is 19.4. The number of aliphatic hydroxyl groups excluding tert-OH is 1. The fraction of sp³-hybridized carbons (Fsp3) is 0.528. The van der Waals surface area contributed by atoms with Crippen LogP contribution in [-0.4, -0.2) is 77.2 Å². The number of nitrogens with one attached hydrogen (secondary N) is 4. The zero-order chi connectivity index (χ0) is 36.0. The molecule has 264 valence electrons. The maximum atomic E-state index is 13.6. The molecule has 0 aliphatic carbocycles. The highest BCUT2D eigenvalue weighted by molar-refractivity contribution is 5.91. The van der Waals surface area contributed by atoms with Crippen LogP contribution in [0.3, 0.4) is 0 Å². The summed E-state index contributed by atoms with van der Waals surface area (Å²) in [6.07, 6.45) is -1.07. The summed E-state index contributed by atoms with van der Waals surface area (Å²) in [7, 11) is 1.54. The summed E-state index contributed by atoms with van der Waals surface area (Å²) in [4.78, 5) is 64.6. The first-order valence-electron chi connectivity index (χ1n) is 16.4. The van der Waals surface area contributed by atoms with Crippen LogP contribution in [0.2, 0.25) is 0 Å². The van der Waals surface area contributed by atoms with E-state index in [1.165, 1.54) is 7.11 Å². The van der Waals surface area contributed by atoms with E-state index in [0.717, 1.165) is 5.56 Å². The molecule has 0 spiro atoms. The molecule has 0 aliphatic heterocycles. The Hall–Kier alpha value is -4.45. The molecule has 0 radical (unpaired) electrons. The van der Waals surface area contributed by atoms with Gasteiger partial charge in [0.2, 0.25) is 23.6 Å². The van der Waals surface area contributed by atoms with Gasteiger partial charge in [-0.25, -0.2) is 4.79 Å². The van der Waals surface area contributed by atoms with Gasteiger partial charge in [0.15, 0.2) is 0 Å². The number of hydrogen-bond acceptors (Lipinski definition) is 7. The molecule has 0 heterocycles. The summed E-state index contributed by atoms with van der Waals surface area (Å²) in [5.74, 6) is -3.75. The van der Waals surface area contributed by atoms with E-state index >= 15 is 0 Å². The number of aliphatic hydroxyl groups is 1. The van der Waals surface area contributed by atoms with Crippen LogP contribution in [0.25, 0.3) is 0 Å². The Balaban J connectivity index is 2.21. The molecular formula is C36H52N4O8. The fourth-order valence-electron chi connectivity index (χ4n) is 5.17. The summed E-state index contributed by atoms with van der Waals surface area (Å²) in [5.41, 5.74) is 1.51. The Morgan fingerprint density at radius 3 is 1.88 bits per heavy atom. The number of carboxylic acid groups (broad SMARTS) is 1. The van der Waals surface area contributed by atoms with Gasteiger partial charge in [0.25, 0.3) is 0 Å². The smallest absolute Gasteiger partial charge is 0.326 e. The average Bonchev–Trinajstić information content (AvgIpc) is 3.04. The Morgan fingerprint density at radius 1 is 0.729 bits per heavy atom. The van der Waals surface area contributed by atoms with Gasteiger partial charge in [-0.15, -0.1) is 0 Å². The zero-order valence-electron chi connectivity index (χ0n) is 29.0. The molecule has 0 aliphatic rings. The Labute approximate surface area is 283 Å². The third kappa shape index (κ3) is 12.6. The lowest BCUT2D eigenvalue weighted by Gasteiger charge is -2.30. The van der Waals surface area contributed by atoms with Crippen molar-refractivity contribution in [3.8, 4) is 5.75 Å². The van der Waals surface area contributed by atoms with Crippen LogP contribution in [-0.2, 0) is 36.8 Å². The van der Waals surface area contributed by atoms with Gasteiger partial charge in [-0.05, 0) is 47.4 Å². The number of ether oxygens (including phenoxy) is 1. The molecule has 12 nitrogen and oxygen atoms in total. The minimum atomic E-state index is -1.36. The minimum Gasteiger partial charge on any atom is -0.497 e. The number of carboxylic acids is 1. The molecule has 2 rings (SSSR count). The van der Waals surface area contributed by atoms with E-state index in [1.54, 1.807) is 58.9 Å². The first kappa shape index (κ1) is 39.7. The van der Waals surface area contributed by atoms with Gasteiger partial charge in [-0.3, -0.25) is 19.2 Å². The van der Waals surface area contributed by atoms with E-state index in [2.05, 4.69) is 21.3 Å². The Morgan fingerprint density at radius 2 is 1.31 bits per heavy atom. The summed E-state index contributed by atoms with van der Waals surface area (Å²) >= 11 is 0. The van der Waals surface area contributed by atoms with Crippen molar-refractivity contribution in [1.29, 1.82) is 0 Å². The highest BCUT2D eigenvalue weighted by atomic mass is 16.5. The van der Waals surface area contributed by atoms with Gasteiger partial charge >= 0.3 is 5.97 Å². The summed E-state index contributed by atoms with van der Waals surface area (Å²) in [6.45, 7) is 10.5. The zero-order valence-corrected chi connectivity index (χ0v) is 29.0. The van der Waals surface area contributed by atoms with Crippen molar-refractivity contribution in [2.75, 3.05) is 7.11 Å². The summed E-state index contributed by atoms with van der Waals surface area (Å²) < 4.78 is 5.23. The quantitative estimate of drug-likeness (QED) is 0.132. The lowest BCUT2D eigenvalue weighted by molar-refractivity contribution is -0.143. The number of aliphatic carboxylic acids is 1. The molecule has 0 saturated carbocycles. The number of methoxy groups -OCH3 is 1. The first-order valence-corrected chi connectivity index (χ1v) is 16.4. The highest BCUT2D eigenvalue weighted by Crippen LogP contribution is 2.15. The topological polar surface area (TPSA) is 183 Å². The van der Waals surface area contributed by atoms with Gasteiger partial charge in [0.1, 0.15) is 23.9 Å². The standard InChI is InChI=1S/C36H52N4O8/c1-8-23(6)33(35(45)40-32(22(4)5)36(46)47)39-30(43)20-28(41)27(18-24-13-10-9-11-14-24)37-34(44)31(21(2)3)38-29(42)19-25-15-12-16-26(17-25)48-7/h9-17,21-23,27-28,31-33,41H,8,18-20H2,1-7H3,(H,37,44)(H,38,42)(H,39,43)(H,40,45)(H,46,47)/t23-,27-,28-,31?,32?,33-/m0/s1. The molecule has 2 unspecified atom stereocenters. The molecule has 2 aromatic carbocycles. The number of benzene rings is 2.